The van der Waals surface area contributed by atoms with Crippen molar-refractivity contribution in [2.45, 2.75) is 6.36 Å². The van der Waals surface area contributed by atoms with Gasteiger partial charge in [0.25, 0.3) is 0 Å². The number of anilines is 2. The van der Waals surface area contributed by atoms with Crippen molar-refractivity contribution in [2.24, 2.45) is 0 Å². The lowest BCUT2D eigenvalue weighted by molar-refractivity contribution is -0.274. The predicted octanol–water partition coefficient (Wildman–Crippen LogP) is 5.30. The van der Waals surface area contributed by atoms with Gasteiger partial charge in [-0.15, -0.1) is 23.4 Å². The van der Waals surface area contributed by atoms with Gasteiger partial charge in [0.2, 0.25) is 5.95 Å². The standard InChI is InChI=1S/C20H14F3N5O2/c21-20(22,23)30-17-7-3-14(4-8-17)25-19-26-18(27-28-19)13-1-5-15(6-2-13)29-16-9-11-24-12-10-16/h1-12H,(H2,25,26,27,28). The molecule has 0 fully saturated rings. The molecule has 0 saturated heterocycles. The van der Waals surface area contributed by atoms with Crippen LogP contribution in [0.5, 0.6) is 17.2 Å². The Bertz CT molecular complexity index is 1100. The highest BCUT2D eigenvalue weighted by Crippen LogP contribution is 2.26. The van der Waals surface area contributed by atoms with Crippen LogP contribution in [0.4, 0.5) is 24.8 Å². The van der Waals surface area contributed by atoms with Crippen molar-refractivity contribution < 1.29 is 22.6 Å². The van der Waals surface area contributed by atoms with Crippen LogP contribution in [0.25, 0.3) is 11.4 Å². The molecule has 4 rings (SSSR count). The first kappa shape index (κ1) is 19.2. The van der Waals surface area contributed by atoms with E-state index in [4.69, 9.17) is 4.74 Å². The predicted molar refractivity (Wildman–Crippen MR) is 103 cm³/mol. The number of rotatable bonds is 6. The van der Waals surface area contributed by atoms with Crippen LogP contribution in [0.2, 0.25) is 0 Å². The van der Waals surface area contributed by atoms with Crippen LogP contribution in [0.1, 0.15) is 0 Å². The van der Waals surface area contributed by atoms with E-state index in [1.165, 1.54) is 24.3 Å². The van der Waals surface area contributed by atoms with Crippen molar-refractivity contribution in [1.29, 1.82) is 0 Å². The highest BCUT2D eigenvalue weighted by atomic mass is 19.4. The summed E-state index contributed by atoms with van der Waals surface area (Å²) in [6.07, 6.45) is -1.44. The summed E-state index contributed by atoms with van der Waals surface area (Å²) >= 11 is 0. The summed E-state index contributed by atoms with van der Waals surface area (Å²) in [5, 5.41) is 11.0. The Morgan fingerprint density at radius 3 is 2.07 bits per heavy atom. The Hall–Kier alpha value is -4.08. The number of aromatic amines is 1. The van der Waals surface area contributed by atoms with Gasteiger partial charge >= 0.3 is 6.36 Å². The highest BCUT2D eigenvalue weighted by molar-refractivity contribution is 5.60. The van der Waals surface area contributed by atoms with E-state index in [2.05, 4.69) is 30.2 Å². The number of hydrogen-bond acceptors (Lipinski definition) is 6. The van der Waals surface area contributed by atoms with E-state index < -0.39 is 6.36 Å². The molecule has 30 heavy (non-hydrogen) atoms. The maximum absolute atomic E-state index is 12.2. The third-order valence-electron chi connectivity index (χ3n) is 3.85. The molecule has 0 aliphatic heterocycles. The molecule has 0 aliphatic rings. The molecule has 0 spiro atoms. The number of nitrogens with one attached hydrogen (secondary N) is 2. The number of pyridine rings is 1. The van der Waals surface area contributed by atoms with Crippen molar-refractivity contribution >= 4 is 11.6 Å². The number of halogens is 3. The van der Waals surface area contributed by atoms with Crippen LogP contribution in [0.3, 0.4) is 0 Å². The molecule has 0 amide bonds. The minimum Gasteiger partial charge on any atom is -0.457 e. The number of alkyl halides is 3. The van der Waals surface area contributed by atoms with E-state index in [1.54, 1.807) is 36.7 Å². The topological polar surface area (TPSA) is 84.9 Å². The fourth-order valence-corrected chi connectivity index (χ4v) is 2.55. The fraction of sp³-hybridized carbons (Fsp3) is 0.0500. The smallest absolute Gasteiger partial charge is 0.457 e. The van der Waals surface area contributed by atoms with E-state index in [1.807, 2.05) is 12.1 Å². The summed E-state index contributed by atoms with van der Waals surface area (Å²) in [4.78, 5) is 6.94. The van der Waals surface area contributed by atoms with Gasteiger partial charge in [-0.25, -0.2) is 0 Å². The molecule has 2 heterocycles. The molecule has 2 N–H and O–H groups in total. The first-order valence-corrected chi connectivity index (χ1v) is 8.68. The maximum atomic E-state index is 12.2. The molecule has 0 saturated carbocycles. The number of H-pyrrole nitrogens is 1. The van der Waals surface area contributed by atoms with Crippen molar-refractivity contribution in [2.75, 3.05) is 5.32 Å². The minimum absolute atomic E-state index is 0.305. The zero-order valence-corrected chi connectivity index (χ0v) is 15.2. The zero-order valence-electron chi connectivity index (χ0n) is 15.2. The van der Waals surface area contributed by atoms with Gasteiger partial charge in [0.15, 0.2) is 5.82 Å². The van der Waals surface area contributed by atoms with Crippen LogP contribution in [-0.2, 0) is 0 Å². The Kier molecular flexibility index (Phi) is 5.21. The highest BCUT2D eigenvalue weighted by Gasteiger charge is 2.30. The SMILES string of the molecule is FC(F)(F)Oc1ccc(Nc2nnc(-c3ccc(Oc4ccncc4)cc3)[nH]2)cc1. The number of benzene rings is 2. The van der Waals surface area contributed by atoms with Gasteiger partial charge < -0.3 is 19.8 Å². The van der Waals surface area contributed by atoms with Crippen LogP contribution >= 0.6 is 0 Å². The first-order chi connectivity index (χ1) is 14.4. The van der Waals surface area contributed by atoms with Crippen LogP contribution < -0.4 is 14.8 Å². The summed E-state index contributed by atoms with van der Waals surface area (Å²) < 4.78 is 46.2. The number of aromatic nitrogens is 4. The monoisotopic (exact) mass is 413 g/mol. The number of nitrogens with zero attached hydrogens (tertiary/aromatic N) is 3. The largest absolute Gasteiger partial charge is 0.573 e. The molecule has 2 aromatic heterocycles. The summed E-state index contributed by atoms with van der Waals surface area (Å²) in [5.41, 5.74) is 1.31. The fourth-order valence-electron chi connectivity index (χ4n) is 2.55. The van der Waals surface area contributed by atoms with E-state index in [0.29, 0.717) is 29.0 Å². The third kappa shape index (κ3) is 5.04. The second-order valence-corrected chi connectivity index (χ2v) is 6.03. The quantitative estimate of drug-likeness (QED) is 0.446. The Morgan fingerprint density at radius 1 is 0.767 bits per heavy atom. The average Bonchev–Trinajstić information content (AvgIpc) is 3.18. The molecule has 152 valence electrons. The van der Waals surface area contributed by atoms with Gasteiger partial charge in [-0.2, -0.15) is 0 Å². The van der Waals surface area contributed by atoms with E-state index in [9.17, 15) is 13.2 Å². The number of ether oxygens (including phenoxy) is 2. The Balaban J connectivity index is 1.40. The van der Waals surface area contributed by atoms with Gasteiger partial charge in [0, 0.05) is 23.6 Å². The second kappa shape index (κ2) is 8.11. The Labute approximate surface area is 168 Å². The summed E-state index contributed by atoms with van der Waals surface area (Å²) in [6, 6.07) is 16.0. The zero-order chi connectivity index (χ0) is 21.0. The van der Waals surface area contributed by atoms with Crippen molar-refractivity contribution in [3.63, 3.8) is 0 Å². The molecule has 0 bridgehead atoms. The molecular weight excluding hydrogens is 399 g/mol. The maximum Gasteiger partial charge on any atom is 0.573 e. The summed E-state index contributed by atoms with van der Waals surface area (Å²) in [7, 11) is 0. The molecule has 10 heteroatoms. The molecule has 4 aromatic rings. The molecular formula is C20H14F3N5O2. The summed E-state index contributed by atoms with van der Waals surface area (Å²) in [5.74, 6) is 1.89. The van der Waals surface area contributed by atoms with Gasteiger partial charge in [0.05, 0.1) is 0 Å². The van der Waals surface area contributed by atoms with Crippen LogP contribution in [0.15, 0.2) is 73.1 Å². The molecule has 7 nitrogen and oxygen atoms in total. The van der Waals surface area contributed by atoms with E-state index in [0.717, 1.165) is 5.56 Å². The molecule has 0 radical (unpaired) electrons. The molecule has 2 aromatic carbocycles. The molecule has 0 atom stereocenters. The van der Waals surface area contributed by atoms with Gasteiger partial charge in [-0.1, -0.05) is 0 Å². The van der Waals surface area contributed by atoms with Crippen LogP contribution in [0, 0.1) is 0 Å². The lowest BCUT2D eigenvalue weighted by Crippen LogP contribution is -2.16. The van der Waals surface area contributed by atoms with Crippen molar-refractivity contribution in [3.8, 4) is 28.6 Å². The lowest BCUT2D eigenvalue weighted by atomic mass is 10.2. The van der Waals surface area contributed by atoms with Crippen molar-refractivity contribution in [1.82, 2.24) is 20.2 Å². The number of hydrogen-bond donors (Lipinski definition) is 2. The third-order valence-corrected chi connectivity index (χ3v) is 3.85. The lowest BCUT2D eigenvalue weighted by Gasteiger charge is -2.09. The van der Waals surface area contributed by atoms with Crippen LogP contribution in [-0.4, -0.2) is 26.5 Å². The normalized spacial score (nSPS) is 11.2. The van der Waals surface area contributed by atoms with Gasteiger partial charge in [-0.05, 0) is 60.7 Å². The molecule has 0 unspecified atom stereocenters. The van der Waals surface area contributed by atoms with E-state index in [-0.39, 0.29) is 5.75 Å². The van der Waals surface area contributed by atoms with Crippen molar-refractivity contribution in [3.05, 3.63) is 73.1 Å². The minimum atomic E-state index is -4.73. The van der Waals surface area contributed by atoms with Gasteiger partial charge in [0.1, 0.15) is 17.2 Å². The Morgan fingerprint density at radius 2 is 1.40 bits per heavy atom. The summed E-state index contributed by atoms with van der Waals surface area (Å²) in [6.45, 7) is 0. The van der Waals surface area contributed by atoms with E-state index >= 15 is 0 Å². The second-order valence-electron chi connectivity index (χ2n) is 6.03. The first-order valence-electron chi connectivity index (χ1n) is 8.68. The average molecular weight is 413 g/mol. The van der Waals surface area contributed by atoms with Gasteiger partial charge in [-0.3, -0.25) is 4.98 Å². The molecule has 0 aliphatic carbocycles.